The number of halogens is 1. The van der Waals surface area contributed by atoms with Gasteiger partial charge in [-0.05, 0) is 30.7 Å². The highest BCUT2D eigenvalue weighted by Crippen LogP contribution is 2.20. The van der Waals surface area contributed by atoms with Crippen molar-refractivity contribution in [1.82, 2.24) is 4.57 Å². The third kappa shape index (κ3) is 4.03. The average molecular weight is 421 g/mol. The zero-order chi connectivity index (χ0) is 22.1. The van der Waals surface area contributed by atoms with E-state index < -0.39 is 16.8 Å². The largest absolute Gasteiger partial charge is 0.293 e. The molecule has 0 aliphatic rings. The van der Waals surface area contributed by atoms with E-state index in [2.05, 4.69) is 0 Å². The smallest absolute Gasteiger partial charge is 0.273 e. The van der Waals surface area contributed by atoms with Crippen molar-refractivity contribution in [2.75, 3.05) is 0 Å². The Hall–Kier alpha value is -3.30. The Bertz CT molecular complexity index is 1350. The SMILES string of the molecule is Cc1ccccc1-n1c(=O)/c(=C\c2ccccc2F)s/c1=C(/C#N)C(=O)C(C)(C)C. The molecule has 0 bridgehead atoms. The van der Waals surface area contributed by atoms with Crippen LogP contribution >= 0.6 is 11.3 Å². The molecule has 0 saturated heterocycles. The predicted octanol–water partition coefficient (Wildman–Crippen LogP) is 3.46. The van der Waals surface area contributed by atoms with Crippen molar-refractivity contribution in [2.24, 2.45) is 5.41 Å². The summed E-state index contributed by atoms with van der Waals surface area (Å²) in [5, 5.41) is 9.80. The molecule has 0 radical (unpaired) electrons. The molecule has 0 fully saturated rings. The molecule has 0 spiro atoms. The van der Waals surface area contributed by atoms with Crippen LogP contribution in [0.1, 0.15) is 31.9 Å². The molecule has 0 saturated carbocycles. The van der Waals surface area contributed by atoms with Gasteiger partial charge in [0.2, 0.25) is 0 Å². The number of carbonyl (C=O) groups is 1. The Labute approximate surface area is 177 Å². The monoisotopic (exact) mass is 420 g/mol. The van der Waals surface area contributed by atoms with Crippen molar-refractivity contribution in [1.29, 1.82) is 5.26 Å². The number of hydrogen-bond donors (Lipinski definition) is 0. The van der Waals surface area contributed by atoms with Gasteiger partial charge in [-0.2, -0.15) is 5.26 Å². The normalized spacial score (nSPS) is 13.1. The number of ketones is 1. The lowest BCUT2D eigenvalue weighted by atomic mass is 9.87. The lowest BCUT2D eigenvalue weighted by Gasteiger charge is -2.15. The molecule has 1 aromatic heterocycles. The number of benzene rings is 2. The number of Topliss-reactive ketones (excluding diaryl/α,β-unsaturated/α-hetero) is 1. The van der Waals surface area contributed by atoms with Crippen molar-refractivity contribution >= 4 is 28.8 Å². The van der Waals surface area contributed by atoms with Crippen molar-refractivity contribution in [3.63, 3.8) is 0 Å². The van der Waals surface area contributed by atoms with E-state index in [4.69, 9.17) is 0 Å². The maximum absolute atomic E-state index is 14.2. The minimum Gasteiger partial charge on any atom is -0.293 e. The summed E-state index contributed by atoms with van der Waals surface area (Å²) in [4.78, 5) is 26.3. The van der Waals surface area contributed by atoms with Crippen LogP contribution in [0.4, 0.5) is 4.39 Å². The molecule has 1 heterocycles. The maximum Gasteiger partial charge on any atom is 0.273 e. The molecule has 3 rings (SSSR count). The Kier molecular flexibility index (Phi) is 5.86. The summed E-state index contributed by atoms with van der Waals surface area (Å²) in [6.45, 7) is 7.02. The van der Waals surface area contributed by atoms with Crippen molar-refractivity contribution in [2.45, 2.75) is 27.7 Å². The van der Waals surface area contributed by atoms with Gasteiger partial charge in [-0.15, -0.1) is 11.3 Å². The van der Waals surface area contributed by atoms with Crippen LogP contribution < -0.4 is 14.8 Å². The molecule has 0 aliphatic heterocycles. The van der Waals surface area contributed by atoms with Crippen LogP contribution in [0.3, 0.4) is 0 Å². The third-order valence-electron chi connectivity index (χ3n) is 4.61. The van der Waals surface area contributed by atoms with Gasteiger partial charge in [0, 0.05) is 11.0 Å². The summed E-state index contributed by atoms with van der Waals surface area (Å²) in [6.07, 6.45) is 1.46. The van der Waals surface area contributed by atoms with Gasteiger partial charge in [0.25, 0.3) is 5.56 Å². The van der Waals surface area contributed by atoms with E-state index >= 15 is 0 Å². The number of rotatable bonds is 3. The summed E-state index contributed by atoms with van der Waals surface area (Å²) in [7, 11) is 0. The first kappa shape index (κ1) is 21.4. The second-order valence-corrected chi connectivity index (χ2v) is 8.96. The van der Waals surface area contributed by atoms with Gasteiger partial charge in [-0.1, -0.05) is 57.2 Å². The Balaban J connectivity index is 2.50. The number of aromatic nitrogens is 1. The van der Waals surface area contributed by atoms with Gasteiger partial charge < -0.3 is 0 Å². The second kappa shape index (κ2) is 8.21. The Morgan fingerprint density at radius 3 is 2.37 bits per heavy atom. The molecule has 0 atom stereocenters. The maximum atomic E-state index is 14.2. The van der Waals surface area contributed by atoms with Gasteiger partial charge in [0.1, 0.15) is 22.1 Å². The molecule has 0 unspecified atom stereocenters. The van der Waals surface area contributed by atoms with Crippen LogP contribution in [0.25, 0.3) is 17.3 Å². The molecule has 6 heteroatoms. The predicted molar refractivity (Wildman–Crippen MR) is 117 cm³/mol. The zero-order valence-electron chi connectivity index (χ0n) is 17.2. The van der Waals surface area contributed by atoms with Crippen LogP contribution in [0.2, 0.25) is 0 Å². The van der Waals surface area contributed by atoms with Gasteiger partial charge in [-0.3, -0.25) is 14.2 Å². The van der Waals surface area contributed by atoms with Crippen molar-refractivity contribution in [3.05, 3.63) is 85.0 Å². The highest BCUT2D eigenvalue weighted by atomic mass is 32.1. The Morgan fingerprint density at radius 1 is 1.13 bits per heavy atom. The van der Waals surface area contributed by atoms with Crippen LogP contribution in [0.15, 0.2) is 53.3 Å². The standard InChI is InChI=1S/C24H21FN2O2S/c1-15-9-5-8-12-19(15)27-22(29)20(13-16-10-6-7-11-18(16)25)30-23(27)17(14-26)21(28)24(2,3)4/h5-13H,1-4H3/b20-13+,23-17-. The lowest BCUT2D eigenvalue weighted by Crippen LogP contribution is -2.33. The summed E-state index contributed by atoms with van der Waals surface area (Å²) >= 11 is 1.02. The molecule has 0 amide bonds. The lowest BCUT2D eigenvalue weighted by molar-refractivity contribution is -0.120. The summed E-state index contributed by atoms with van der Waals surface area (Å²) < 4.78 is 16.0. The quantitative estimate of drug-likeness (QED) is 0.652. The van der Waals surface area contributed by atoms with E-state index in [1.54, 1.807) is 51.1 Å². The highest BCUT2D eigenvalue weighted by Gasteiger charge is 2.27. The molecule has 30 heavy (non-hydrogen) atoms. The number of nitrogens with zero attached hydrogens (tertiary/aromatic N) is 2. The number of thiazole rings is 1. The van der Waals surface area contributed by atoms with Gasteiger partial charge in [-0.25, -0.2) is 4.39 Å². The fraction of sp³-hybridized carbons (Fsp3) is 0.208. The fourth-order valence-corrected chi connectivity index (χ4v) is 4.07. The van der Waals surface area contributed by atoms with E-state index in [1.165, 1.54) is 16.7 Å². The molecule has 2 aromatic carbocycles. The van der Waals surface area contributed by atoms with Crippen LogP contribution in [-0.2, 0) is 4.79 Å². The first-order valence-electron chi connectivity index (χ1n) is 9.38. The van der Waals surface area contributed by atoms with Gasteiger partial charge >= 0.3 is 0 Å². The van der Waals surface area contributed by atoms with Crippen LogP contribution in [0, 0.1) is 29.5 Å². The van der Waals surface area contributed by atoms with Crippen LogP contribution in [-0.4, -0.2) is 10.4 Å². The first-order chi connectivity index (χ1) is 14.1. The number of nitriles is 1. The van der Waals surface area contributed by atoms with Gasteiger partial charge in [0.15, 0.2) is 5.78 Å². The molecule has 4 nitrogen and oxygen atoms in total. The number of hydrogen-bond acceptors (Lipinski definition) is 4. The highest BCUT2D eigenvalue weighted by molar-refractivity contribution is 7.07. The number of para-hydroxylation sites is 1. The van der Waals surface area contributed by atoms with Crippen LogP contribution in [0.5, 0.6) is 0 Å². The molecule has 3 aromatic rings. The Morgan fingerprint density at radius 2 is 1.77 bits per heavy atom. The van der Waals surface area contributed by atoms with Gasteiger partial charge in [0.05, 0.1) is 10.2 Å². The molecule has 152 valence electrons. The summed E-state index contributed by atoms with van der Waals surface area (Å²) in [5.74, 6) is -0.810. The number of carbonyl (C=O) groups excluding carboxylic acids is 1. The molecular formula is C24H21FN2O2S. The molecular weight excluding hydrogens is 399 g/mol. The van der Waals surface area contributed by atoms with Crippen molar-refractivity contribution < 1.29 is 9.18 Å². The van der Waals surface area contributed by atoms with E-state index in [1.807, 2.05) is 25.1 Å². The first-order valence-corrected chi connectivity index (χ1v) is 10.2. The fourth-order valence-electron chi connectivity index (χ4n) is 2.99. The van der Waals surface area contributed by atoms with E-state index in [0.717, 1.165) is 16.9 Å². The minimum atomic E-state index is -0.795. The van der Waals surface area contributed by atoms with E-state index in [9.17, 15) is 19.2 Å². The third-order valence-corrected chi connectivity index (χ3v) is 5.70. The van der Waals surface area contributed by atoms with E-state index in [0.29, 0.717) is 5.69 Å². The summed E-state index contributed by atoms with van der Waals surface area (Å²) in [5.41, 5.74) is 0.382. The zero-order valence-corrected chi connectivity index (χ0v) is 18.0. The topological polar surface area (TPSA) is 62.9 Å². The van der Waals surface area contributed by atoms with Crippen molar-refractivity contribution in [3.8, 4) is 11.8 Å². The molecule has 0 N–H and O–H groups in total. The second-order valence-electron chi connectivity index (χ2n) is 7.93. The minimum absolute atomic E-state index is 0.0824. The summed E-state index contributed by atoms with van der Waals surface area (Å²) in [6, 6.07) is 15.4. The van der Waals surface area contributed by atoms with E-state index in [-0.39, 0.29) is 26.1 Å². The molecule has 0 aliphatic carbocycles. The number of aryl methyl sites for hydroxylation is 1. The average Bonchev–Trinajstić information content (AvgIpc) is 3.00.